The maximum atomic E-state index is 4.92. The fraction of sp³-hybridized carbons (Fsp3) is 0.292. The molecule has 4 rings (SSSR count). The highest BCUT2D eigenvalue weighted by atomic mass is 127. The van der Waals surface area contributed by atoms with Crippen molar-refractivity contribution in [2.75, 3.05) is 0 Å². The van der Waals surface area contributed by atoms with E-state index in [1.165, 1.54) is 35.9 Å². The summed E-state index contributed by atoms with van der Waals surface area (Å²) in [4.78, 5) is 4.92. The van der Waals surface area contributed by atoms with Crippen molar-refractivity contribution >= 4 is 78.9 Å². The van der Waals surface area contributed by atoms with E-state index in [2.05, 4.69) is 120 Å². The van der Waals surface area contributed by atoms with Crippen LogP contribution >= 0.6 is 38.5 Å². The van der Waals surface area contributed by atoms with Crippen LogP contribution in [-0.4, -0.2) is 17.6 Å². The molecule has 0 saturated heterocycles. The second-order valence-electron chi connectivity index (χ2n) is 8.46. The molecule has 2 nitrogen and oxygen atoms in total. The first-order chi connectivity index (χ1) is 13.8. The minimum Gasteiger partial charge on any atom is -0.344 e. The molecule has 2 aromatic heterocycles. The quantitative estimate of drug-likeness (QED) is 0.201. The maximum Gasteiger partial charge on any atom is 0.147 e. The largest absolute Gasteiger partial charge is 0.344 e. The fourth-order valence-corrected chi connectivity index (χ4v) is 12.8. The van der Waals surface area contributed by atoms with Gasteiger partial charge in [0.05, 0.1) is 0 Å². The third-order valence-electron chi connectivity index (χ3n) is 6.41. The van der Waals surface area contributed by atoms with Crippen LogP contribution in [0, 0.1) is 3.57 Å². The first kappa shape index (κ1) is 21.1. The molecule has 0 atom stereocenters. The van der Waals surface area contributed by atoms with Crippen LogP contribution in [0.15, 0.2) is 59.2 Å². The van der Waals surface area contributed by atoms with Crippen molar-refractivity contribution < 1.29 is 0 Å². The van der Waals surface area contributed by atoms with E-state index in [-0.39, 0.29) is 0 Å². The monoisotopic (exact) mass is 576 g/mol. The molecule has 0 aliphatic carbocycles. The Morgan fingerprint density at radius 1 is 0.931 bits per heavy atom. The second-order valence-corrected chi connectivity index (χ2v) is 15.6. The van der Waals surface area contributed by atoms with E-state index in [1.54, 1.807) is 0 Å². The summed E-state index contributed by atoms with van der Waals surface area (Å²) in [7, 11) is 0.0738. The third-order valence-corrected chi connectivity index (χ3v) is 14.4. The lowest BCUT2D eigenvalue weighted by molar-refractivity contribution is 0.922. The van der Waals surface area contributed by atoms with Gasteiger partial charge in [-0.2, -0.15) is 0 Å². The molecule has 0 radical (unpaired) electrons. The molecule has 2 aromatic carbocycles. The number of fused-ring (bicyclic) bond motifs is 3. The van der Waals surface area contributed by atoms with Crippen LogP contribution in [0.5, 0.6) is 0 Å². The van der Waals surface area contributed by atoms with Crippen LogP contribution in [0.3, 0.4) is 0 Å². The Hall–Kier alpha value is -1.18. The molecule has 150 valence electrons. The molecule has 0 fully saturated rings. The summed E-state index contributed by atoms with van der Waals surface area (Å²) in [6.07, 6.45) is 1.96. The summed E-state index contributed by atoms with van der Waals surface area (Å²) in [5, 5.41) is 5.46. The normalized spacial score (nSPS) is 12.6. The zero-order chi connectivity index (χ0) is 20.9. The molecule has 4 aromatic rings. The molecular weight excluding hydrogens is 551 g/mol. The standard InChI is InChI=1S/C24H26BrIN2Si/c1-15(2)29(16(3)4,24-8-6-7-11-27-24)23-13-19-18-12-17(25)9-10-21(18)28(5)22(19)14-20(23)26/h6-16H,1-5H3. The van der Waals surface area contributed by atoms with Crippen molar-refractivity contribution in [1.82, 2.24) is 9.55 Å². The summed E-state index contributed by atoms with van der Waals surface area (Å²) >= 11 is 6.23. The van der Waals surface area contributed by atoms with Crippen molar-refractivity contribution in [2.45, 2.75) is 38.8 Å². The molecule has 0 amide bonds. The summed E-state index contributed by atoms with van der Waals surface area (Å²) < 4.78 is 4.80. The van der Waals surface area contributed by atoms with Crippen LogP contribution in [0.25, 0.3) is 21.8 Å². The van der Waals surface area contributed by atoms with Gasteiger partial charge in [0.2, 0.25) is 0 Å². The van der Waals surface area contributed by atoms with Crippen molar-refractivity contribution in [1.29, 1.82) is 0 Å². The lowest BCUT2D eigenvalue weighted by Crippen LogP contribution is -2.64. The molecule has 0 bridgehead atoms. The molecule has 5 heteroatoms. The fourth-order valence-electron chi connectivity index (χ4n) is 5.14. The van der Waals surface area contributed by atoms with Gasteiger partial charge < -0.3 is 4.57 Å². The molecule has 0 saturated carbocycles. The zero-order valence-electron chi connectivity index (χ0n) is 17.5. The van der Waals surface area contributed by atoms with E-state index in [0.29, 0.717) is 11.1 Å². The van der Waals surface area contributed by atoms with Gasteiger partial charge in [-0.25, -0.2) is 0 Å². The summed E-state index contributed by atoms with van der Waals surface area (Å²) in [5.74, 6) is 0. The van der Waals surface area contributed by atoms with E-state index in [1.807, 2.05) is 12.3 Å². The van der Waals surface area contributed by atoms with Gasteiger partial charge in [-0.3, -0.25) is 4.98 Å². The third kappa shape index (κ3) is 3.20. The van der Waals surface area contributed by atoms with Crippen molar-refractivity contribution in [3.05, 3.63) is 62.8 Å². The number of rotatable bonds is 4. The predicted molar refractivity (Wildman–Crippen MR) is 140 cm³/mol. The minimum absolute atomic E-state index is 0.546. The van der Waals surface area contributed by atoms with Crippen LogP contribution in [0.2, 0.25) is 11.1 Å². The van der Waals surface area contributed by atoms with E-state index < -0.39 is 8.07 Å². The van der Waals surface area contributed by atoms with E-state index in [0.717, 1.165) is 4.47 Å². The van der Waals surface area contributed by atoms with Gasteiger partial charge >= 0.3 is 0 Å². The molecule has 0 aliphatic rings. The van der Waals surface area contributed by atoms with Gasteiger partial charge in [0, 0.05) is 48.4 Å². The number of benzene rings is 2. The van der Waals surface area contributed by atoms with E-state index in [9.17, 15) is 0 Å². The Morgan fingerprint density at radius 3 is 2.24 bits per heavy atom. The molecular formula is C24H26BrIN2Si. The summed E-state index contributed by atoms with van der Waals surface area (Å²) in [6.45, 7) is 9.56. The molecule has 0 unspecified atom stereocenters. The SMILES string of the molecule is CC(C)[Si](c1ccccn1)(c1cc2c3cc(Br)ccc3n(C)c2cc1I)C(C)C. The smallest absolute Gasteiger partial charge is 0.147 e. The summed E-state index contributed by atoms with van der Waals surface area (Å²) in [5.41, 5.74) is 3.66. The van der Waals surface area contributed by atoms with E-state index in [4.69, 9.17) is 4.98 Å². The highest BCUT2D eigenvalue weighted by molar-refractivity contribution is 14.1. The average molecular weight is 577 g/mol. The van der Waals surface area contributed by atoms with Crippen LogP contribution in [-0.2, 0) is 7.05 Å². The lowest BCUT2D eigenvalue weighted by atomic mass is 10.1. The van der Waals surface area contributed by atoms with Crippen LogP contribution in [0.1, 0.15) is 27.7 Å². The van der Waals surface area contributed by atoms with E-state index >= 15 is 0 Å². The van der Waals surface area contributed by atoms with Gasteiger partial charge in [-0.1, -0.05) is 55.8 Å². The number of hydrogen-bond acceptors (Lipinski definition) is 1. The maximum absolute atomic E-state index is 4.92. The van der Waals surface area contributed by atoms with Gasteiger partial charge in [0.1, 0.15) is 8.07 Å². The minimum atomic E-state index is -2.10. The average Bonchev–Trinajstić information content (AvgIpc) is 2.94. The zero-order valence-corrected chi connectivity index (χ0v) is 22.2. The van der Waals surface area contributed by atoms with Gasteiger partial charge in [0.15, 0.2) is 0 Å². The molecule has 2 heterocycles. The van der Waals surface area contributed by atoms with Crippen molar-refractivity contribution in [2.24, 2.45) is 7.05 Å². The number of hydrogen-bond donors (Lipinski definition) is 0. The first-order valence-corrected chi connectivity index (χ1v) is 14.1. The van der Waals surface area contributed by atoms with Crippen LogP contribution < -0.4 is 10.5 Å². The first-order valence-electron chi connectivity index (χ1n) is 10.1. The highest BCUT2D eigenvalue weighted by Crippen LogP contribution is 2.36. The Bertz CT molecular complexity index is 1190. The second kappa shape index (κ2) is 7.82. The van der Waals surface area contributed by atoms with Crippen molar-refractivity contribution in [3.8, 4) is 0 Å². The number of nitrogens with zero attached hydrogens (tertiary/aromatic N) is 2. The Balaban J connectivity index is 2.13. The Labute approximate surface area is 196 Å². The molecule has 0 spiro atoms. The van der Waals surface area contributed by atoms with Crippen molar-refractivity contribution in [3.63, 3.8) is 0 Å². The molecule has 29 heavy (non-hydrogen) atoms. The molecule has 0 N–H and O–H groups in total. The lowest BCUT2D eigenvalue weighted by Gasteiger charge is -2.40. The predicted octanol–water partition coefficient (Wildman–Crippen LogP) is 6.48. The molecule has 0 aliphatic heterocycles. The summed E-state index contributed by atoms with van der Waals surface area (Å²) in [6, 6.07) is 17.9. The topological polar surface area (TPSA) is 17.8 Å². The Kier molecular flexibility index (Phi) is 5.68. The number of halogens is 2. The number of pyridine rings is 1. The van der Waals surface area contributed by atoms with Gasteiger partial charge in [-0.05, 0) is 75.3 Å². The highest BCUT2D eigenvalue weighted by Gasteiger charge is 2.46. The Morgan fingerprint density at radius 2 is 1.62 bits per heavy atom. The van der Waals surface area contributed by atoms with Crippen LogP contribution in [0.4, 0.5) is 0 Å². The number of aryl methyl sites for hydroxylation is 1. The van der Waals surface area contributed by atoms with Gasteiger partial charge in [-0.15, -0.1) is 0 Å². The number of aromatic nitrogens is 2. The van der Waals surface area contributed by atoms with Gasteiger partial charge in [0.25, 0.3) is 0 Å².